The van der Waals surface area contributed by atoms with E-state index in [1.165, 1.54) is 0 Å². The monoisotopic (exact) mass is 374 g/mol. The number of hydrogen-bond donors (Lipinski definition) is 0. The van der Waals surface area contributed by atoms with Crippen molar-refractivity contribution in [1.29, 1.82) is 0 Å². The molecule has 1 saturated carbocycles. The van der Waals surface area contributed by atoms with Crippen LogP contribution in [0, 0.1) is 29.6 Å². The van der Waals surface area contributed by atoms with Crippen molar-refractivity contribution in [3.63, 3.8) is 0 Å². The minimum Gasteiger partial charge on any atom is -0.465 e. The first kappa shape index (κ1) is 20.2. The SMILES string of the molecule is CCC(C(=O)OCCCCCCOC(=O)C1CC2C=CC1C2)C1C=CCC1. The van der Waals surface area contributed by atoms with Crippen molar-refractivity contribution < 1.29 is 19.1 Å². The number of esters is 2. The predicted octanol–water partition coefficient (Wildman–Crippen LogP) is 4.84. The fraction of sp³-hybridized carbons (Fsp3) is 0.739. The zero-order valence-corrected chi connectivity index (χ0v) is 16.6. The summed E-state index contributed by atoms with van der Waals surface area (Å²) < 4.78 is 10.9. The van der Waals surface area contributed by atoms with Crippen LogP contribution >= 0.6 is 0 Å². The third kappa shape index (κ3) is 5.46. The molecular formula is C23H34O4. The lowest BCUT2D eigenvalue weighted by molar-refractivity contribution is -0.151. The number of hydrogen-bond acceptors (Lipinski definition) is 4. The van der Waals surface area contributed by atoms with Gasteiger partial charge in [0.15, 0.2) is 0 Å². The molecule has 0 aromatic carbocycles. The number of carbonyl (C=O) groups is 2. The number of rotatable bonds is 11. The Morgan fingerprint density at radius 1 is 1.00 bits per heavy atom. The molecule has 3 aliphatic carbocycles. The number of fused-ring (bicyclic) bond motifs is 2. The minimum atomic E-state index is -0.0390. The molecule has 4 nitrogen and oxygen atoms in total. The van der Waals surface area contributed by atoms with Gasteiger partial charge in [0.25, 0.3) is 0 Å². The topological polar surface area (TPSA) is 52.6 Å². The summed E-state index contributed by atoms with van der Waals surface area (Å²) in [5.41, 5.74) is 0. The van der Waals surface area contributed by atoms with E-state index in [0.717, 1.165) is 57.8 Å². The summed E-state index contributed by atoms with van der Waals surface area (Å²) in [6.07, 6.45) is 17.7. The Balaban J connectivity index is 1.19. The van der Waals surface area contributed by atoms with E-state index in [1.807, 2.05) is 0 Å². The Kier molecular flexibility index (Phi) is 7.54. The lowest BCUT2D eigenvalue weighted by atomic mass is 9.90. The Hall–Kier alpha value is -1.58. The predicted molar refractivity (Wildman–Crippen MR) is 105 cm³/mol. The lowest BCUT2D eigenvalue weighted by Gasteiger charge is -2.19. The molecule has 0 aromatic rings. The van der Waals surface area contributed by atoms with Crippen LogP contribution in [0.3, 0.4) is 0 Å². The molecule has 0 heterocycles. The third-order valence-corrected chi connectivity index (χ3v) is 6.42. The second kappa shape index (κ2) is 10.1. The summed E-state index contributed by atoms with van der Waals surface area (Å²) in [5.74, 6) is 1.46. The maximum atomic E-state index is 12.2. The molecule has 5 atom stereocenters. The molecule has 3 rings (SSSR count). The van der Waals surface area contributed by atoms with Crippen LogP contribution < -0.4 is 0 Å². The van der Waals surface area contributed by atoms with Crippen LogP contribution in [-0.4, -0.2) is 25.2 Å². The number of allylic oxidation sites excluding steroid dienone is 4. The van der Waals surface area contributed by atoms with Crippen LogP contribution in [0.15, 0.2) is 24.3 Å². The van der Waals surface area contributed by atoms with Gasteiger partial charge in [0.2, 0.25) is 0 Å². The first-order chi connectivity index (χ1) is 13.2. The summed E-state index contributed by atoms with van der Waals surface area (Å²) in [5, 5.41) is 0. The highest BCUT2D eigenvalue weighted by Gasteiger charge is 2.40. The smallest absolute Gasteiger partial charge is 0.309 e. The molecule has 4 heteroatoms. The van der Waals surface area contributed by atoms with Crippen LogP contribution in [0.1, 0.15) is 64.7 Å². The van der Waals surface area contributed by atoms with E-state index in [4.69, 9.17) is 9.47 Å². The largest absolute Gasteiger partial charge is 0.465 e. The molecule has 0 radical (unpaired) electrons. The maximum absolute atomic E-state index is 12.2. The summed E-state index contributed by atoms with van der Waals surface area (Å²) in [6.45, 7) is 3.08. The van der Waals surface area contributed by atoms with E-state index >= 15 is 0 Å². The van der Waals surface area contributed by atoms with Gasteiger partial charge in [0.1, 0.15) is 0 Å². The molecule has 3 aliphatic rings. The molecule has 0 aromatic heterocycles. The van der Waals surface area contributed by atoms with E-state index in [1.54, 1.807) is 0 Å². The molecule has 1 fully saturated rings. The second-order valence-electron chi connectivity index (χ2n) is 8.32. The fourth-order valence-corrected chi connectivity index (χ4v) is 4.80. The molecule has 27 heavy (non-hydrogen) atoms. The Bertz CT molecular complexity index is 565. The van der Waals surface area contributed by atoms with Crippen molar-refractivity contribution in [1.82, 2.24) is 0 Å². The van der Waals surface area contributed by atoms with Gasteiger partial charge >= 0.3 is 11.9 Å². The standard InChI is InChI=1S/C23H34O4/c1-2-20(18-9-5-6-10-18)22(24)26-13-7-3-4-8-14-27-23(25)21-16-17-11-12-19(21)15-17/h5,9,11-12,17-21H,2-4,6-8,10,13-16H2,1H3. The second-order valence-corrected chi connectivity index (χ2v) is 8.32. The Morgan fingerprint density at radius 2 is 1.78 bits per heavy atom. The maximum Gasteiger partial charge on any atom is 0.309 e. The van der Waals surface area contributed by atoms with Crippen molar-refractivity contribution in [2.24, 2.45) is 29.6 Å². The highest BCUT2D eigenvalue weighted by Crippen LogP contribution is 2.43. The molecule has 5 unspecified atom stereocenters. The number of unbranched alkanes of at least 4 members (excludes halogenated alkanes) is 3. The van der Waals surface area contributed by atoms with Gasteiger partial charge in [-0.25, -0.2) is 0 Å². The molecule has 0 spiro atoms. The Morgan fingerprint density at radius 3 is 2.37 bits per heavy atom. The summed E-state index contributed by atoms with van der Waals surface area (Å²) in [7, 11) is 0. The van der Waals surface area contributed by atoms with Crippen LogP contribution in [0.2, 0.25) is 0 Å². The summed E-state index contributed by atoms with van der Waals surface area (Å²) in [4.78, 5) is 24.4. The van der Waals surface area contributed by atoms with Gasteiger partial charge in [0.05, 0.1) is 25.0 Å². The zero-order valence-electron chi connectivity index (χ0n) is 16.6. The normalized spacial score (nSPS) is 29.2. The van der Waals surface area contributed by atoms with Gasteiger partial charge in [-0.05, 0) is 75.5 Å². The Labute approximate surface area is 163 Å². The minimum absolute atomic E-state index is 0.00708. The van der Waals surface area contributed by atoms with Gasteiger partial charge in [-0.2, -0.15) is 0 Å². The van der Waals surface area contributed by atoms with Crippen molar-refractivity contribution in [2.75, 3.05) is 13.2 Å². The van der Waals surface area contributed by atoms with Crippen molar-refractivity contribution in [3.05, 3.63) is 24.3 Å². The van der Waals surface area contributed by atoms with Crippen LogP contribution in [-0.2, 0) is 19.1 Å². The first-order valence-electron chi connectivity index (χ1n) is 10.9. The van der Waals surface area contributed by atoms with E-state index in [-0.39, 0.29) is 23.8 Å². The average molecular weight is 375 g/mol. The molecule has 0 saturated heterocycles. The fourth-order valence-electron chi connectivity index (χ4n) is 4.80. The van der Waals surface area contributed by atoms with Crippen molar-refractivity contribution in [2.45, 2.75) is 64.7 Å². The molecule has 0 N–H and O–H groups in total. The molecular weight excluding hydrogens is 340 g/mol. The first-order valence-corrected chi connectivity index (χ1v) is 10.9. The highest BCUT2D eigenvalue weighted by molar-refractivity contribution is 5.74. The molecule has 0 aliphatic heterocycles. The van der Waals surface area contributed by atoms with E-state index in [9.17, 15) is 9.59 Å². The van der Waals surface area contributed by atoms with Crippen LogP contribution in [0.25, 0.3) is 0 Å². The van der Waals surface area contributed by atoms with Gasteiger partial charge in [-0.3, -0.25) is 9.59 Å². The highest BCUT2D eigenvalue weighted by atomic mass is 16.5. The van der Waals surface area contributed by atoms with Gasteiger partial charge in [-0.15, -0.1) is 0 Å². The molecule has 0 amide bonds. The quantitative estimate of drug-likeness (QED) is 0.295. The summed E-state index contributed by atoms with van der Waals surface area (Å²) >= 11 is 0. The molecule has 2 bridgehead atoms. The van der Waals surface area contributed by atoms with Gasteiger partial charge in [0, 0.05) is 0 Å². The van der Waals surface area contributed by atoms with Crippen LogP contribution in [0.4, 0.5) is 0 Å². The average Bonchev–Trinajstić information content (AvgIpc) is 3.42. The van der Waals surface area contributed by atoms with Crippen LogP contribution in [0.5, 0.6) is 0 Å². The van der Waals surface area contributed by atoms with E-state index in [0.29, 0.717) is 31.0 Å². The van der Waals surface area contributed by atoms with Gasteiger partial charge in [-0.1, -0.05) is 31.2 Å². The number of carbonyl (C=O) groups excluding carboxylic acids is 2. The van der Waals surface area contributed by atoms with Crippen molar-refractivity contribution >= 4 is 11.9 Å². The lowest BCUT2D eigenvalue weighted by Crippen LogP contribution is -2.23. The summed E-state index contributed by atoms with van der Waals surface area (Å²) in [6, 6.07) is 0. The molecule has 150 valence electrons. The van der Waals surface area contributed by atoms with Gasteiger partial charge < -0.3 is 9.47 Å². The number of ether oxygens (including phenoxy) is 2. The zero-order chi connectivity index (χ0) is 19.1. The third-order valence-electron chi connectivity index (χ3n) is 6.42. The van der Waals surface area contributed by atoms with E-state index < -0.39 is 0 Å². The van der Waals surface area contributed by atoms with E-state index in [2.05, 4.69) is 31.2 Å². The van der Waals surface area contributed by atoms with Crippen molar-refractivity contribution in [3.8, 4) is 0 Å².